The number of hydrogen-bond donors (Lipinski definition) is 1. The Balaban J connectivity index is 1.90. The molecular weight excluding hydrogens is 420 g/mol. The molecule has 4 aromatic rings. The summed E-state index contributed by atoms with van der Waals surface area (Å²) in [6, 6.07) is 25.4. The van der Waals surface area contributed by atoms with Crippen LogP contribution in [0.1, 0.15) is 0 Å². The van der Waals surface area contributed by atoms with Gasteiger partial charge in [0, 0.05) is 4.47 Å². The van der Waals surface area contributed by atoms with E-state index in [0.29, 0.717) is 17.1 Å². The van der Waals surface area contributed by atoms with Crippen molar-refractivity contribution in [3.8, 4) is 17.3 Å². The van der Waals surface area contributed by atoms with Gasteiger partial charge in [0.05, 0.1) is 17.1 Å². The molecule has 0 unspecified atom stereocenters. The monoisotopic (exact) mass is 434 g/mol. The lowest BCUT2D eigenvalue weighted by molar-refractivity contribution is 0.426. The van der Waals surface area contributed by atoms with Crippen LogP contribution in [0.3, 0.4) is 0 Å². The summed E-state index contributed by atoms with van der Waals surface area (Å²) in [7, 11) is 0. The van der Waals surface area contributed by atoms with Crippen molar-refractivity contribution < 1.29 is 5.11 Å². The number of halogens is 1. The first-order chi connectivity index (χ1) is 13.6. The van der Waals surface area contributed by atoms with Gasteiger partial charge in [-0.15, -0.1) is 5.11 Å². The van der Waals surface area contributed by atoms with Crippen molar-refractivity contribution in [2.75, 3.05) is 0 Å². The molecule has 1 aromatic heterocycles. The Morgan fingerprint density at radius 1 is 0.714 bits per heavy atom. The van der Waals surface area contributed by atoms with Gasteiger partial charge in [0.1, 0.15) is 0 Å². The van der Waals surface area contributed by atoms with E-state index in [-0.39, 0.29) is 11.6 Å². The van der Waals surface area contributed by atoms with Crippen molar-refractivity contribution >= 4 is 27.3 Å². The maximum Gasteiger partial charge on any atom is 0.303 e. The third-order valence-corrected chi connectivity index (χ3v) is 4.63. The largest absolute Gasteiger partial charge is 0.492 e. The van der Waals surface area contributed by atoms with Crippen LogP contribution in [0.25, 0.3) is 11.4 Å². The summed E-state index contributed by atoms with van der Waals surface area (Å²) < 4.78 is 3.71. The van der Waals surface area contributed by atoms with E-state index < -0.39 is 5.56 Å². The normalized spacial score (nSPS) is 11.2. The van der Waals surface area contributed by atoms with Crippen molar-refractivity contribution in [1.82, 2.24) is 9.36 Å². The molecule has 3 aromatic carbocycles. The summed E-state index contributed by atoms with van der Waals surface area (Å²) in [6.45, 7) is 0. The van der Waals surface area contributed by atoms with Crippen LogP contribution >= 0.6 is 15.9 Å². The SMILES string of the molecule is O=c1c(N=Nc2ccc(Br)cc2)c(O)n(-c2ccccc2)n1-c1ccccc1. The van der Waals surface area contributed by atoms with E-state index >= 15 is 0 Å². The van der Waals surface area contributed by atoms with Gasteiger partial charge in [0.25, 0.3) is 0 Å². The Morgan fingerprint density at radius 3 is 1.82 bits per heavy atom. The lowest BCUT2D eigenvalue weighted by Gasteiger charge is -2.12. The van der Waals surface area contributed by atoms with Gasteiger partial charge in [-0.2, -0.15) is 5.11 Å². The highest BCUT2D eigenvalue weighted by molar-refractivity contribution is 9.10. The number of benzene rings is 3. The number of rotatable bonds is 4. The first-order valence-corrected chi connectivity index (χ1v) is 9.29. The fourth-order valence-corrected chi connectivity index (χ4v) is 3.06. The van der Waals surface area contributed by atoms with Gasteiger partial charge in [-0.25, -0.2) is 9.36 Å². The minimum atomic E-state index is -0.464. The van der Waals surface area contributed by atoms with Crippen LogP contribution in [0, 0.1) is 0 Å². The average molecular weight is 435 g/mol. The first kappa shape index (κ1) is 17.9. The van der Waals surface area contributed by atoms with Crippen LogP contribution in [0.2, 0.25) is 0 Å². The van der Waals surface area contributed by atoms with Crippen molar-refractivity contribution in [2.24, 2.45) is 10.2 Å². The summed E-state index contributed by atoms with van der Waals surface area (Å²) >= 11 is 3.36. The molecule has 7 heteroatoms. The van der Waals surface area contributed by atoms with Gasteiger partial charge in [0.15, 0.2) is 0 Å². The molecule has 0 amide bonds. The van der Waals surface area contributed by atoms with Crippen LogP contribution in [-0.4, -0.2) is 14.5 Å². The van der Waals surface area contributed by atoms with Gasteiger partial charge < -0.3 is 5.11 Å². The van der Waals surface area contributed by atoms with E-state index in [4.69, 9.17) is 0 Å². The predicted molar refractivity (Wildman–Crippen MR) is 111 cm³/mol. The summed E-state index contributed by atoms with van der Waals surface area (Å²) in [6.07, 6.45) is 0. The number of para-hydroxylation sites is 2. The predicted octanol–water partition coefficient (Wildman–Crippen LogP) is 5.51. The second kappa shape index (κ2) is 7.66. The third kappa shape index (κ3) is 3.39. The molecule has 4 rings (SSSR count). The highest BCUT2D eigenvalue weighted by atomic mass is 79.9. The Labute approximate surface area is 169 Å². The van der Waals surface area contributed by atoms with Crippen LogP contribution in [0.5, 0.6) is 5.88 Å². The van der Waals surface area contributed by atoms with E-state index in [0.717, 1.165) is 4.47 Å². The van der Waals surface area contributed by atoms with Crippen molar-refractivity contribution in [2.45, 2.75) is 0 Å². The number of nitrogens with zero attached hydrogens (tertiary/aromatic N) is 4. The fourth-order valence-electron chi connectivity index (χ4n) is 2.79. The molecule has 0 saturated carbocycles. The summed E-state index contributed by atoms with van der Waals surface area (Å²) in [5.41, 5.74) is 1.22. The lowest BCUT2D eigenvalue weighted by atomic mass is 10.3. The Bertz CT molecular complexity index is 1180. The van der Waals surface area contributed by atoms with E-state index in [1.165, 1.54) is 9.36 Å². The molecule has 0 aliphatic carbocycles. The molecule has 6 nitrogen and oxygen atoms in total. The zero-order valence-electron chi connectivity index (χ0n) is 14.6. The molecule has 1 heterocycles. The molecule has 0 spiro atoms. The highest BCUT2D eigenvalue weighted by Crippen LogP contribution is 2.30. The molecule has 0 aliphatic heterocycles. The second-order valence-electron chi connectivity index (χ2n) is 5.95. The third-order valence-electron chi connectivity index (χ3n) is 4.10. The topological polar surface area (TPSA) is 71.9 Å². The maximum atomic E-state index is 13.1. The van der Waals surface area contributed by atoms with E-state index in [1.54, 1.807) is 36.4 Å². The van der Waals surface area contributed by atoms with Crippen LogP contribution < -0.4 is 5.56 Å². The lowest BCUT2D eigenvalue weighted by Crippen LogP contribution is -2.20. The van der Waals surface area contributed by atoms with E-state index in [2.05, 4.69) is 26.2 Å². The number of hydrogen-bond acceptors (Lipinski definition) is 4. The molecule has 0 atom stereocenters. The summed E-state index contributed by atoms with van der Waals surface area (Å²) in [5, 5.41) is 18.9. The molecule has 28 heavy (non-hydrogen) atoms. The molecule has 0 bridgehead atoms. The standard InChI is InChI=1S/C21H15BrN4O2/c22-15-11-13-16(14-12-15)23-24-19-20(27)25(17-7-3-1-4-8-17)26(21(19)28)18-9-5-2-6-10-18/h1-14,27H. The van der Waals surface area contributed by atoms with E-state index in [1.807, 2.05) is 48.5 Å². The quantitative estimate of drug-likeness (QED) is 0.430. The second-order valence-corrected chi connectivity index (χ2v) is 6.86. The fraction of sp³-hybridized carbons (Fsp3) is 0. The highest BCUT2D eigenvalue weighted by Gasteiger charge is 2.22. The van der Waals surface area contributed by atoms with E-state index in [9.17, 15) is 9.90 Å². The van der Waals surface area contributed by atoms with Gasteiger partial charge in [-0.3, -0.25) is 4.79 Å². The summed E-state index contributed by atoms with van der Waals surface area (Å²) in [4.78, 5) is 13.1. The van der Waals surface area contributed by atoms with Crippen LogP contribution in [-0.2, 0) is 0 Å². The Morgan fingerprint density at radius 2 is 1.25 bits per heavy atom. The number of aromatic nitrogens is 2. The van der Waals surface area contributed by atoms with Crippen LogP contribution in [0.4, 0.5) is 11.4 Å². The Hall–Kier alpha value is -3.45. The summed E-state index contributed by atoms with van der Waals surface area (Å²) in [5.74, 6) is -0.277. The molecule has 138 valence electrons. The smallest absolute Gasteiger partial charge is 0.303 e. The molecule has 0 radical (unpaired) electrons. The van der Waals surface area contributed by atoms with Gasteiger partial charge in [-0.05, 0) is 48.5 Å². The first-order valence-electron chi connectivity index (χ1n) is 8.50. The molecule has 0 fully saturated rings. The van der Waals surface area contributed by atoms with Crippen LogP contribution in [0.15, 0.2) is 104 Å². The number of aromatic hydroxyl groups is 1. The minimum Gasteiger partial charge on any atom is -0.492 e. The van der Waals surface area contributed by atoms with Crippen molar-refractivity contribution in [3.05, 3.63) is 99.8 Å². The van der Waals surface area contributed by atoms with Gasteiger partial charge in [-0.1, -0.05) is 52.3 Å². The van der Waals surface area contributed by atoms with Crippen molar-refractivity contribution in [1.29, 1.82) is 0 Å². The maximum absolute atomic E-state index is 13.1. The molecule has 0 saturated heterocycles. The van der Waals surface area contributed by atoms with Gasteiger partial charge >= 0.3 is 5.56 Å². The molecule has 0 aliphatic rings. The van der Waals surface area contributed by atoms with Crippen molar-refractivity contribution in [3.63, 3.8) is 0 Å². The minimum absolute atomic E-state index is 0.129. The average Bonchev–Trinajstić information content (AvgIpc) is 2.99. The molecular formula is C21H15BrN4O2. The Kier molecular flexibility index (Phi) is 4.90. The molecule has 1 N–H and O–H groups in total. The van der Waals surface area contributed by atoms with Gasteiger partial charge in [0.2, 0.25) is 11.6 Å². The zero-order valence-corrected chi connectivity index (χ0v) is 16.2. The number of azo groups is 1. The zero-order chi connectivity index (χ0) is 19.5.